The Balaban J connectivity index is 2.45. The fourth-order valence-corrected chi connectivity index (χ4v) is 1.82. The molecule has 1 fully saturated rings. The molecule has 64 valence electrons. The van der Waals surface area contributed by atoms with Crippen molar-refractivity contribution < 1.29 is 4.79 Å². The molecule has 0 radical (unpaired) electrons. The Labute approximate surface area is 69.2 Å². The summed E-state index contributed by atoms with van der Waals surface area (Å²) in [5.74, 6) is 2.37. The van der Waals surface area contributed by atoms with E-state index in [1.165, 1.54) is 0 Å². The molecule has 0 aliphatic heterocycles. The van der Waals surface area contributed by atoms with E-state index in [9.17, 15) is 4.79 Å². The van der Waals surface area contributed by atoms with Crippen molar-refractivity contribution in [2.45, 2.75) is 34.1 Å². The van der Waals surface area contributed by atoms with E-state index in [1.54, 1.807) is 0 Å². The minimum Gasteiger partial charge on any atom is -0.299 e. The van der Waals surface area contributed by atoms with E-state index in [4.69, 9.17) is 0 Å². The summed E-state index contributed by atoms with van der Waals surface area (Å²) in [6.45, 7) is 8.55. The zero-order valence-electron chi connectivity index (χ0n) is 7.92. The average molecular weight is 154 g/mol. The van der Waals surface area contributed by atoms with Gasteiger partial charge in [0.2, 0.25) is 0 Å². The molecule has 0 amide bonds. The molecule has 1 nitrogen and oxygen atoms in total. The van der Waals surface area contributed by atoms with Crippen molar-refractivity contribution >= 4 is 5.78 Å². The number of rotatable bonds is 2. The molecule has 1 saturated carbocycles. The maximum absolute atomic E-state index is 11.4. The van der Waals surface area contributed by atoms with Gasteiger partial charge in [-0.1, -0.05) is 27.7 Å². The van der Waals surface area contributed by atoms with Gasteiger partial charge in [0.05, 0.1) is 0 Å². The fourth-order valence-electron chi connectivity index (χ4n) is 1.82. The highest BCUT2D eigenvalue weighted by atomic mass is 16.1. The fraction of sp³-hybridized carbons (Fsp3) is 0.900. The lowest BCUT2D eigenvalue weighted by Crippen LogP contribution is -2.42. The van der Waals surface area contributed by atoms with Crippen molar-refractivity contribution in [2.24, 2.45) is 23.7 Å². The molecule has 1 aliphatic carbocycles. The minimum atomic E-state index is 0.377. The first-order valence-corrected chi connectivity index (χ1v) is 4.57. The lowest BCUT2D eigenvalue weighted by molar-refractivity contribution is -0.140. The Kier molecular flexibility index (Phi) is 2.36. The van der Waals surface area contributed by atoms with Crippen LogP contribution in [0.2, 0.25) is 0 Å². The smallest absolute Gasteiger partial charge is 0.139 e. The molecule has 0 aromatic carbocycles. The van der Waals surface area contributed by atoms with Gasteiger partial charge in [0, 0.05) is 11.8 Å². The van der Waals surface area contributed by atoms with E-state index in [1.807, 2.05) is 0 Å². The SMILES string of the molecule is CC(C)C1CC(C(C)C)C1=O. The minimum absolute atomic E-state index is 0.377. The number of carbonyl (C=O) groups is 1. The second-order valence-electron chi connectivity index (χ2n) is 4.34. The molecule has 0 heterocycles. The van der Waals surface area contributed by atoms with Gasteiger partial charge in [-0.05, 0) is 18.3 Å². The number of ketones is 1. The number of Topliss-reactive ketones (excluding diaryl/α,β-unsaturated/α-hetero) is 1. The Hall–Kier alpha value is -0.330. The van der Waals surface area contributed by atoms with E-state index in [0.29, 0.717) is 29.5 Å². The van der Waals surface area contributed by atoms with E-state index < -0.39 is 0 Å². The average Bonchev–Trinajstić information content (AvgIpc) is 1.82. The van der Waals surface area contributed by atoms with Gasteiger partial charge in [0.15, 0.2) is 0 Å². The van der Waals surface area contributed by atoms with Crippen molar-refractivity contribution in [2.75, 3.05) is 0 Å². The van der Waals surface area contributed by atoms with Crippen molar-refractivity contribution in [3.63, 3.8) is 0 Å². The van der Waals surface area contributed by atoms with Gasteiger partial charge in [0.25, 0.3) is 0 Å². The summed E-state index contributed by atoms with van der Waals surface area (Å²) in [4.78, 5) is 11.4. The number of hydrogen-bond acceptors (Lipinski definition) is 1. The van der Waals surface area contributed by atoms with Gasteiger partial charge < -0.3 is 0 Å². The van der Waals surface area contributed by atoms with Crippen molar-refractivity contribution in [3.05, 3.63) is 0 Å². The van der Waals surface area contributed by atoms with Crippen LogP contribution in [0.5, 0.6) is 0 Å². The highest BCUT2D eigenvalue weighted by molar-refractivity contribution is 5.89. The third-order valence-corrected chi connectivity index (χ3v) is 2.85. The second kappa shape index (κ2) is 2.96. The quantitative estimate of drug-likeness (QED) is 0.597. The Morgan fingerprint density at radius 3 is 1.64 bits per heavy atom. The second-order valence-corrected chi connectivity index (χ2v) is 4.34. The van der Waals surface area contributed by atoms with Gasteiger partial charge >= 0.3 is 0 Å². The van der Waals surface area contributed by atoms with Crippen molar-refractivity contribution in [1.82, 2.24) is 0 Å². The molecule has 2 atom stereocenters. The van der Waals surface area contributed by atoms with Gasteiger partial charge in [-0.2, -0.15) is 0 Å². The first-order valence-electron chi connectivity index (χ1n) is 4.57. The van der Waals surface area contributed by atoms with E-state index in [2.05, 4.69) is 27.7 Å². The highest BCUT2D eigenvalue weighted by Crippen LogP contribution is 2.39. The van der Waals surface area contributed by atoms with Crippen molar-refractivity contribution in [1.29, 1.82) is 0 Å². The summed E-state index contributed by atoms with van der Waals surface area (Å²) in [6.07, 6.45) is 1.13. The van der Waals surface area contributed by atoms with E-state index in [0.717, 1.165) is 6.42 Å². The molecule has 0 saturated heterocycles. The Morgan fingerprint density at radius 1 is 1.09 bits per heavy atom. The van der Waals surface area contributed by atoms with Crippen LogP contribution >= 0.6 is 0 Å². The van der Waals surface area contributed by atoms with E-state index in [-0.39, 0.29) is 0 Å². The maximum Gasteiger partial charge on any atom is 0.139 e. The third kappa shape index (κ3) is 1.47. The first-order chi connectivity index (χ1) is 5.04. The van der Waals surface area contributed by atoms with Crippen LogP contribution in [0.4, 0.5) is 0 Å². The van der Waals surface area contributed by atoms with Crippen LogP contribution in [0.25, 0.3) is 0 Å². The van der Waals surface area contributed by atoms with Crippen LogP contribution in [0.15, 0.2) is 0 Å². The molecule has 0 aromatic rings. The molecule has 1 heteroatoms. The van der Waals surface area contributed by atoms with Crippen LogP contribution in [0.3, 0.4) is 0 Å². The van der Waals surface area contributed by atoms with Gasteiger partial charge in [-0.3, -0.25) is 4.79 Å². The van der Waals surface area contributed by atoms with Gasteiger partial charge in [0.1, 0.15) is 5.78 Å². The van der Waals surface area contributed by atoms with Crippen LogP contribution in [-0.2, 0) is 4.79 Å². The van der Waals surface area contributed by atoms with Crippen LogP contribution in [-0.4, -0.2) is 5.78 Å². The topological polar surface area (TPSA) is 17.1 Å². The summed E-state index contributed by atoms with van der Waals surface area (Å²) >= 11 is 0. The van der Waals surface area contributed by atoms with Crippen LogP contribution in [0, 0.1) is 23.7 Å². The number of hydrogen-bond donors (Lipinski definition) is 0. The molecule has 1 aliphatic rings. The van der Waals surface area contributed by atoms with Gasteiger partial charge in [-0.25, -0.2) is 0 Å². The molecule has 0 aromatic heterocycles. The normalized spacial score (nSPS) is 31.3. The van der Waals surface area contributed by atoms with Gasteiger partial charge in [-0.15, -0.1) is 0 Å². The van der Waals surface area contributed by atoms with E-state index >= 15 is 0 Å². The highest BCUT2D eigenvalue weighted by Gasteiger charge is 2.41. The summed E-state index contributed by atoms with van der Waals surface area (Å²) < 4.78 is 0. The summed E-state index contributed by atoms with van der Waals surface area (Å²) in [7, 11) is 0. The Bertz CT molecular complexity index is 142. The predicted octanol–water partition coefficient (Wildman–Crippen LogP) is 2.50. The lowest BCUT2D eigenvalue weighted by Gasteiger charge is -2.38. The standard InChI is InChI=1S/C10H18O/c1-6(2)8-5-9(7(3)4)10(8)11/h6-9H,5H2,1-4H3. The molecule has 0 N–H and O–H groups in total. The third-order valence-electron chi connectivity index (χ3n) is 2.85. The maximum atomic E-state index is 11.4. The predicted molar refractivity (Wildman–Crippen MR) is 46.3 cm³/mol. The largest absolute Gasteiger partial charge is 0.299 e. The van der Waals surface area contributed by atoms with Crippen LogP contribution < -0.4 is 0 Å². The molecular weight excluding hydrogens is 136 g/mol. The summed E-state index contributed by atoms with van der Waals surface area (Å²) in [6, 6.07) is 0. The van der Waals surface area contributed by atoms with Crippen molar-refractivity contribution in [3.8, 4) is 0 Å². The Morgan fingerprint density at radius 2 is 1.45 bits per heavy atom. The molecule has 2 unspecified atom stereocenters. The zero-order chi connectivity index (χ0) is 8.59. The number of carbonyl (C=O) groups excluding carboxylic acids is 1. The molecule has 1 rings (SSSR count). The molecule has 0 spiro atoms. The molecular formula is C10H18O. The summed E-state index contributed by atoms with van der Waals surface area (Å²) in [5, 5.41) is 0. The van der Waals surface area contributed by atoms with Crippen LogP contribution in [0.1, 0.15) is 34.1 Å². The first kappa shape index (κ1) is 8.76. The molecule has 0 bridgehead atoms. The monoisotopic (exact) mass is 154 g/mol. The summed E-state index contributed by atoms with van der Waals surface area (Å²) in [5.41, 5.74) is 0. The lowest BCUT2D eigenvalue weighted by atomic mass is 9.64. The molecule has 11 heavy (non-hydrogen) atoms. The zero-order valence-corrected chi connectivity index (χ0v) is 7.92.